The van der Waals surface area contributed by atoms with Crippen LogP contribution >= 0.6 is 0 Å². The van der Waals surface area contributed by atoms with Crippen LogP contribution in [0, 0.1) is 4.78 Å². The fourth-order valence-corrected chi connectivity index (χ4v) is 0.385. The Kier molecular flexibility index (Phi) is 5.65. The Hall–Kier alpha value is -0.760. The Morgan fingerprint density at radius 3 is 0.875 bits per heavy atom. The van der Waals surface area contributed by atoms with E-state index in [0.29, 0.717) is 0 Å². The maximum Gasteiger partial charge on any atom is 0.0324 e. The van der Waals surface area contributed by atoms with Crippen molar-refractivity contribution in [3.8, 4) is 0 Å². The zero-order chi connectivity index (χ0) is 6.24. The molecule has 0 aliphatic heterocycles. The molecule has 0 amide bonds. The molecule has 0 heterocycles. The molecule has 0 aliphatic rings. The van der Waals surface area contributed by atoms with Gasteiger partial charge < -0.3 is 0 Å². The van der Waals surface area contributed by atoms with E-state index in [0.717, 1.165) is 0 Å². The van der Waals surface area contributed by atoms with E-state index in [1.807, 2.05) is 36.4 Å². The van der Waals surface area contributed by atoms with Gasteiger partial charge in [0.2, 0.25) is 0 Å². The fourth-order valence-electron chi connectivity index (χ4n) is 0.385. The fraction of sp³-hybridized carbons (Fsp3) is 0. The molecule has 0 saturated carbocycles. The van der Waals surface area contributed by atoms with Crippen LogP contribution in [-0.4, -0.2) is 0 Å². The molecule has 0 unspecified atom stereocenters. The van der Waals surface area contributed by atoms with Crippen LogP contribution in [0.5, 0.6) is 0 Å². The molecule has 1 rings (SSSR count). The van der Waals surface area contributed by atoms with Gasteiger partial charge in [-0.1, -0.05) is 36.4 Å². The van der Waals surface area contributed by atoms with Crippen LogP contribution in [0.15, 0.2) is 36.4 Å². The lowest BCUT2D eigenvalue weighted by Gasteiger charge is -1.69. The molecule has 1 nitrogen and oxygen atoms in total. The normalized spacial score (nSPS) is 6.50. The largest absolute Gasteiger partial charge is 0.235 e. The Morgan fingerprint density at radius 1 is 0.625 bits per heavy atom. The minimum atomic E-state index is 2.00. The summed E-state index contributed by atoms with van der Waals surface area (Å²) in [5.74, 6) is 0. The Balaban J connectivity index is 0.000000222. The first-order valence-corrected chi connectivity index (χ1v) is 2.61. The van der Waals surface area contributed by atoms with Crippen molar-refractivity contribution in [2.45, 2.75) is 0 Å². The third kappa shape index (κ3) is 3.43. The third-order valence-electron chi connectivity index (χ3n) is 0.667. The first-order chi connectivity index (χ1) is 4.00. The van der Waals surface area contributed by atoms with Gasteiger partial charge in [0.1, 0.15) is 0 Å². The molecule has 0 aliphatic carbocycles. The summed E-state index contributed by atoms with van der Waals surface area (Å²) >= 11 is 3.33. The highest BCUT2D eigenvalue weighted by Crippen LogP contribution is 1.79. The average Bonchev–Trinajstić information content (AvgIpc) is 1.96. The molecule has 0 radical (unpaired) electrons. The minimum absolute atomic E-state index is 2.00. The molecule has 0 bridgehead atoms. The van der Waals surface area contributed by atoms with Gasteiger partial charge >= 0.3 is 0 Å². The molecule has 42 valence electrons. The van der Waals surface area contributed by atoms with Crippen molar-refractivity contribution in [1.29, 1.82) is 4.78 Å². The summed E-state index contributed by atoms with van der Waals surface area (Å²) in [5, 5.41) is 0. The van der Waals surface area contributed by atoms with E-state index in [1.165, 1.54) is 0 Å². The summed E-state index contributed by atoms with van der Waals surface area (Å²) < 4.78 is 5.33. The van der Waals surface area contributed by atoms with Crippen molar-refractivity contribution in [3.63, 3.8) is 0 Å². The average molecular weight is 125 g/mol. The second kappa shape index (κ2) is 6.24. The first-order valence-electron chi connectivity index (χ1n) is 2.20. The molecule has 1 aromatic rings. The summed E-state index contributed by atoms with van der Waals surface area (Å²) in [6, 6.07) is 12.0. The van der Waals surface area contributed by atoms with Crippen LogP contribution in [0.4, 0.5) is 0 Å². The summed E-state index contributed by atoms with van der Waals surface area (Å²) in [4.78, 5) is 0. The van der Waals surface area contributed by atoms with Crippen molar-refractivity contribution in [3.05, 3.63) is 36.4 Å². The summed E-state index contributed by atoms with van der Waals surface area (Å²) in [5.41, 5.74) is 0. The molecule has 0 saturated heterocycles. The van der Waals surface area contributed by atoms with Crippen molar-refractivity contribution < 1.29 is 0 Å². The van der Waals surface area contributed by atoms with Crippen molar-refractivity contribution >= 4 is 12.4 Å². The first kappa shape index (κ1) is 7.24. The van der Waals surface area contributed by atoms with Gasteiger partial charge in [0.05, 0.1) is 0 Å². The maximum absolute atomic E-state index is 5.33. The van der Waals surface area contributed by atoms with Gasteiger partial charge in [-0.2, -0.15) is 0 Å². The van der Waals surface area contributed by atoms with Crippen LogP contribution in [0.1, 0.15) is 0 Å². The van der Waals surface area contributed by atoms with Gasteiger partial charge in [-0.05, 0) is 0 Å². The Labute approximate surface area is 54.3 Å². The zero-order valence-electron chi connectivity index (χ0n) is 4.37. The molecular formula is C6H7NS. The van der Waals surface area contributed by atoms with Gasteiger partial charge in [0.15, 0.2) is 0 Å². The SMILES string of the molecule is N=S.c1ccccc1. The van der Waals surface area contributed by atoms with Crippen molar-refractivity contribution in [2.75, 3.05) is 0 Å². The second-order valence-corrected chi connectivity index (χ2v) is 1.15. The van der Waals surface area contributed by atoms with Crippen molar-refractivity contribution in [1.82, 2.24) is 0 Å². The second-order valence-electron chi connectivity index (χ2n) is 1.15. The number of hydrogen-bond donors (Lipinski definition) is 1. The topological polar surface area (TPSA) is 23.9 Å². The van der Waals surface area contributed by atoms with Gasteiger partial charge in [0, 0.05) is 12.4 Å². The molecule has 2 heteroatoms. The molecular weight excluding hydrogens is 118 g/mol. The minimum Gasteiger partial charge on any atom is -0.235 e. The molecule has 0 aromatic heterocycles. The lowest BCUT2D eigenvalue weighted by atomic mass is 10.4. The Morgan fingerprint density at radius 2 is 0.750 bits per heavy atom. The van der Waals surface area contributed by atoms with Gasteiger partial charge in [0.25, 0.3) is 0 Å². The van der Waals surface area contributed by atoms with E-state index in [2.05, 4.69) is 12.4 Å². The van der Waals surface area contributed by atoms with Crippen LogP contribution in [0.2, 0.25) is 0 Å². The lowest BCUT2D eigenvalue weighted by Crippen LogP contribution is -1.47. The highest BCUT2D eigenvalue weighted by molar-refractivity contribution is 7.45. The standard InChI is InChI=1S/C6H6.HNS/c1-2-4-6-5-3-1;1-2/h1-6H;1H. The van der Waals surface area contributed by atoms with E-state index < -0.39 is 0 Å². The van der Waals surface area contributed by atoms with Crippen LogP contribution in [0.25, 0.3) is 0 Å². The maximum atomic E-state index is 5.33. The van der Waals surface area contributed by atoms with E-state index in [1.54, 1.807) is 0 Å². The predicted octanol–water partition coefficient (Wildman–Crippen LogP) is 1.98. The van der Waals surface area contributed by atoms with E-state index in [9.17, 15) is 0 Å². The Bertz CT molecular complexity index is 91.4. The number of rotatable bonds is 0. The molecule has 1 aromatic carbocycles. The predicted molar refractivity (Wildman–Crippen MR) is 36.5 cm³/mol. The van der Waals surface area contributed by atoms with E-state index in [-0.39, 0.29) is 0 Å². The van der Waals surface area contributed by atoms with Gasteiger partial charge in [-0.25, -0.2) is 4.78 Å². The third-order valence-corrected chi connectivity index (χ3v) is 0.667. The smallest absolute Gasteiger partial charge is 0.0324 e. The van der Waals surface area contributed by atoms with Crippen LogP contribution in [0.3, 0.4) is 0 Å². The van der Waals surface area contributed by atoms with Gasteiger partial charge in [-0.15, -0.1) is 0 Å². The molecule has 8 heavy (non-hydrogen) atoms. The van der Waals surface area contributed by atoms with Crippen LogP contribution < -0.4 is 0 Å². The quantitative estimate of drug-likeness (QED) is 0.563. The van der Waals surface area contributed by atoms with Crippen LogP contribution in [-0.2, 0) is 12.4 Å². The summed E-state index contributed by atoms with van der Waals surface area (Å²) in [7, 11) is 0. The molecule has 0 fully saturated rings. The number of hydrogen-bond acceptors (Lipinski definition) is 2. The zero-order valence-corrected chi connectivity index (χ0v) is 5.19. The monoisotopic (exact) mass is 125 g/mol. The molecule has 0 atom stereocenters. The van der Waals surface area contributed by atoms with E-state index >= 15 is 0 Å². The highest BCUT2D eigenvalue weighted by Gasteiger charge is 1.57. The summed E-state index contributed by atoms with van der Waals surface area (Å²) in [6.45, 7) is 0. The highest BCUT2D eigenvalue weighted by atomic mass is 32.1. The molecule has 0 spiro atoms. The molecule has 1 N–H and O–H groups in total. The summed E-state index contributed by atoms with van der Waals surface area (Å²) in [6.07, 6.45) is 0. The van der Waals surface area contributed by atoms with Crippen molar-refractivity contribution in [2.24, 2.45) is 0 Å². The van der Waals surface area contributed by atoms with E-state index in [4.69, 9.17) is 4.78 Å². The number of benzene rings is 1. The van der Waals surface area contributed by atoms with Gasteiger partial charge in [-0.3, -0.25) is 0 Å². The lowest BCUT2D eigenvalue weighted by molar-refractivity contribution is 1.67. The number of nitrogens with one attached hydrogen (secondary N) is 1.